The van der Waals surface area contributed by atoms with Gasteiger partial charge in [0.25, 0.3) is 0 Å². The Bertz CT molecular complexity index is 577. The summed E-state index contributed by atoms with van der Waals surface area (Å²) in [4.78, 5) is 0. The first-order chi connectivity index (χ1) is 10.1. The molecule has 0 aromatic heterocycles. The van der Waals surface area contributed by atoms with Crippen molar-refractivity contribution in [1.29, 1.82) is 0 Å². The zero-order chi connectivity index (χ0) is 15.3. The number of benzene rings is 2. The summed E-state index contributed by atoms with van der Waals surface area (Å²) in [6, 6.07) is 16.0. The van der Waals surface area contributed by atoms with Crippen LogP contribution >= 0.6 is 0 Å². The van der Waals surface area contributed by atoms with Crippen molar-refractivity contribution in [2.45, 2.75) is 38.7 Å². The molecule has 2 nitrogen and oxygen atoms in total. The van der Waals surface area contributed by atoms with Gasteiger partial charge in [0.15, 0.2) is 0 Å². The van der Waals surface area contributed by atoms with Crippen LogP contribution in [0.4, 0.5) is 0 Å². The standard InChI is InChI=1S/C19H24O2/c1-4-12-19(20,17-8-6-5-7-9-17)14-16-13-15(2)10-11-18(16)21-3/h5-11,13,20H,4,12,14H2,1-3H3. The summed E-state index contributed by atoms with van der Waals surface area (Å²) in [6.45, 7) is 4.16. The molecule has 2 aromatic rings. The topological polar surface area (TPSA) is 29.5 Å². The molecule has 112 valence electrons. The van der Waals surface area contributed by atoms with E-state index in [1.807, 2.05) is 42.5 Å². The minimum atomic E-state index is -0.850. The van der Waals surface area contributed by atoms with Gasteiger partial charge >= 0.3 is 0 Å². The summed E-state index contributed by atoms with van der Waals surface area (Å²) in [5.74, 6) is 0.839. The average molecular weight is 284 g/mol. The van der Waals surface area contributed by atoms with Crippen molar-refractivity contribution in [3.63, 3.8) is 0 Å². The molecule has 0 saturated heterocycles. The maximum atomic E-state index is 11.2. The van der Waals surface area contributed by atoms with Crippen molar-refractivity contribution < 1.29 is 9.84 Å². The van der Waals surface area contributed by atoms with Gasteiger partial charge in [-0.2, -0.15) is 0 Å². The smallest absolute Gasteiger partial charge is 0.122 e. The van der Waals surface area contributed by atoms with Gasteiger partial charge in [-0.05, 0) is 30.5 Å². The van der Waals surface area contributed by atoms with Crippen LogP contribution in [0.15, 0.2) is 48.5 Å². The monoisotopic (exact) mass is 284 g/mol. The highest BCUT2D eigenvalue weighted by atomic mass is 16.5. The summed E-state index contributed by atoms with van der Waals surface area (Å²) in [7, 11) is 1.68. The number of rotatable bonds is 6. The Balaban J connectivity index is 2.39. The van der Waals surface area contributed by atoms with E-state index in [2.05, 4.69) is 19.9 Å². The zero-order valence-electron chi connectivity index (χ0n) is 13.1. The predicted octanol–water partition coefficient (Wildman–Crippen LogP) is 4.23. The molecule has 1 atom stereocenters. The second-order valence-corrected chi connectivity index (χ2v) is 5.64. The maximum absolute atomic E-state index is 11.2. The second-order valence-electron chi connectivity index (χ2n) is 5.64. The molecule has 0 heterocycles. The van der Waals surface area contributed by atoms with Crippen LogP contribution in [-0.4, -0.2) is 12.2 Å². The van der Waals surface area contributed by atoms with Crippen LogP contribution in [0.1, 0.15) is 36.5 Å². The van der Waals surface area contributed by atoms with E-state index in [1.54, 1.807) is 7.11 Å². The minimum absolute atomic E-state index is 0.565. The van der Waals surface area contributed by atoms with E-state index in [1.165, 1.54) is 5.56 Å². The van der Waals surface area contributed by atoms with E-state index in [-0.39, 0.29) is 0 Å². The van der Waals surface area contributed by atoms with E-state index in [4.69, 9.17) is 4.74 Å². The average Bonchev–Trinajstić information content (AvgIpc) is 2.48. The van der Waals surface area contributed by atoms with Crippen molar-refractivity contribution in [1.82, 2.24) is 0 Å². The SMILES string of the molecule is CCCC(O)(Cc1cc(C)ccc1OC)c1ccccc1. The van der Waals surface area contributed by atoms with Crippen LogP contribution in [0.3, 0.4) is 0 Å². The molecule has 0 fully saturated rings. The molecule has 0 amide bonds. The first kappa shape index (κ1) is 15.6. The van der Waals surface area contributed by atoms with Gasteiger partial charge in [0.05, 0.1) is 12.7 Å². The van der Waals surface area contributed by atoms with Crippen molar-refractivity contribution in [3.8, 4) is 5.75 Å². The number of hydrogen-bond acceptors (Lipinski definition) is 2. The van der Waals surface area contributed by atoms with E-state index < -0.39 is 5.60 Å². The Morgan fingerprint density at radius 1 is 1.10 bits per heavy atom. The molecule has 0 aliphatic carbocycles. The van der Waals surface area contributed by atoms with Crippen molar-refractivity contribution in [2.24, 2.45) is 0 Å². The molecule has 2 rings (SSSR count). The van der Waals surface area contributed by atoms with E-state index in [9.17, 15) is 5.11 Å². The van der Waals surface area contributed by atoms with Crippen LogP contribution < -0.4 is 4.74 Å². The van der Waals surface area contributed by atoms with Gasteiger partial charge in [0.2, 0.25) is 0 Å². The Kier molecular flexibility index (Phi) is 5.03. The van der Waals surface area contributed by atoms with Crippen LogP contribution in [0.25, 0.3) is 0 Å². The van der Waals surface area contributed by atoms with E-state index in [0.29, 0.717) is 6.42 Å². The van der Waals surface area contributed by atoms with Crippen LogP contribution in [0.5, 0.6) is 5.75 Å². The van der Waals surface area contributed by atoms with Gasteiger partial charge in [-0.3, -0.25) is 0 Å². The van der Waals surface area contributed by atoms with Crippen LogP contribution in [-0.2, 0) is 12.0 Å². The lowest BCUT2D eigenvalue weighted by Gasteiger charge is -2.29. The van der Waals surface area contributed by atoms with Gasteiger partial charge in [-0.25, -0.2) is 0 Å². The number of aliphatic hydroxyl groups is 1. The molecule has 0 spiro atoms. The lowest BCUT2D eigenvalue weighted by molar-refractivity contribution is 0.0263. The third-order valence-corrected chi connectivity index (χ3v) is 3.89. The minimum Gasteiger partial charge on any atom is -0.496 e. The number of hydrogen-bond donors (Lipinski definition) is 1. The number of methoxy groups -OCH3 is 1. The highest BCUT2D eigenvalue weighted by Gasteiger charge is 2.29. The van der Waals surface area contributed by atoms with Crippen LogP contribution in [0, 0.1) is 6.92 Å². The fraction of sp³-hybridized carbons (Fsp3) is 0.368. The van der Waals surface area contributed by atoms with Gasteiger partial charge in [-0.1, -0.05) is 61.4 Å². The molecular weight excluding hydrogens is 260 g/mol. The molecule has 2 heteroatoms. The summed E-state index contributed by atoms with van der Waals surface area (Å²) >= 11 is 0. The van der Waals surface area contributed by atoms with Crippen molar-refractivity contribution >= 4 is 0 Å². The number of ether oxygens (including phenoxy) is 1. The molecule has 0 bridgehead atoms. The van der Waals surface area contributed by atoms with Gasteiger partial charge in [0, 0.05) is 6.42 Å². The molecular formula is C19H24O2. The Morgan fingerprint density at radius 3 is 2.43 bits per heavy atom. The number of aryl methyl sites for hydroxylation is 1. The lowest BCUT2D eigenvalue weighted by atomic mass is 9.83. The van der Waals surface area contributed by atoms with Crippen LogP contribution in [0.2, 0.25) is 0 Å². The Morgan fingerprint density at radius 2 is 1.81 bits per heavy atom. The molecule has 0 aliphatic heterocycles. The normalized spacial score (nSPS) is 13.7. The van der Waals surface area contributed by atoms with Gasteiger partial charge in [-0.15, -0.1) is 0 Å². The molecule has 2 aromatic carbocycles. The summed E-state index contributed by atoms with van der Waals surface area (Å²) < 4.78 is 5.45. The molecule has 21 heavy (non-hydrogen) atoms. The Hall–Kier alpha value is -1.80. The second kappa shape index (κ2) is 6.77. The maximum Gasteiger partial charge on any atom is 0.122 e. The first-order valence-corrected chi connectivity index (χ1v) is 7.50. The first-order valence-electron chi connectivity index (χ1n) is 7.50. The quantitative estimate of drug-likeness (QED) is 0.860. The highest BCUT2D eigenvalue weighted by molar-refractivity contribution is 5.39. The molecule has 1 unspecified atom stereocenters. The fourth-order valence-electron chi connectivity index (χ4n) is 2.86. The van der Waals surface area contributed by atoms with E-state index in [0.717, 1.165) is 29.7 Å². The Labute approximate surface area is 127 Å². The van der Waals surface area contributed by atoms with Crippen molar-refractivity contribution in [2.75, 3.05) is 7.11 Å². The third kappa shape index (κ3) is 3.64. The molecule has 0 saturated carbocycles. The van der Waals surface area contributed by atoms with Gasteiger partial charge < -0.3 is 9.84 Å². The van der Waals surface area contributed by atoms with Crippen molar-refractivity contribution in [3.05, 3.63) is 65.2 Å². The molecule has 0 radical (unpaired) electrons. The third-order valence-electron chi connectivity index (χ3n) is 3.89. The largest absolute Gasteiger partial charge is 0.496 e. The molecule has 1 N–H and O–H groups in total. The lowest BCUT2D eigenvalue weighted by Crippen LogP contribution is -2.28. The summed E-state index contributed by atoms with van der Waals surface area (Å²) in [5, 5.41) is 11.2. The predicted molar refractivity (Wildman–Crippen MR) is 86.7 cm³/mol. The fourth-order valence-corrected chi connectivity index (χ4v) is 2.86. The molecule has 0 aliphatic rings. The summed E-state index contributed by atoms with van der Waals surface area (Å²) in [5.41, 5.74) is 2.35. The highest BCUT2D eigenvalue weighted by Crippen LogP contribution is 2.34. The summed E-state index contributed by atoms with van der Waals surface area (Å²) in [6.07, 6.45) is 2.23. The van der Waals surface area contributed by atoms with E-state index >= 15 is 0 Å². The zero-order valence-corrected chi connectivity index (χ0v) is 13.1. The van der Waals surface area contributed by atoms with Gasteiger partial charge in [0.1, 0.15) is 5.75 Å².